The number of methoxy groups -OCH3 is 1. The number of hydrogen-bond donors (Lipinski definition) is 0. The van der Waals surface area contributed by atoms with E-state index in [0.29, 0.717) is 23.5 Å². The Balaban J connectivity index is 1.69. The molecule has 3 aromatic carbocycles. The number of ether oxygens (including phenoxy) is 2. The van der Waals surface area contributed by atoms with Crippen LogP contribution in [0.3, 0.4) is 0 Å². The summed E-state index contributed by atoms with van der Waals surface area (Å²) in [5.41, 5.74) is 2.91. The molecule has 3 nitrogen and oxygen atoms in total. The summed E-state index contributed by atoms with van der Waals surface area (Å²) in [5.74, 6) is 2.30. The predicted molar refractivity (Wildman–Crippen MR) is 96.7 cm³/mol. The number of benzene rings is 3. The van der Waals surface area contributed by atoms with E-state index in [-0.39, 0.29) is 11.7 Å². The van der Waals surface area contributed by atoms with Gasteiger partial charge in [0.15, 0.2) is 5.78 Å². The van der Waals surface area contributed by atoms with Crippen molar-refractivity contribution in [1.29, 1.82) is 0 Å². The third kappa shape index (κ3) is 2.89. The highest BCUT2D eigenvalue weighted by Gasteiger charge is 2.33. The molecule has 3 aromatic rings. The minimum Gasteiger partial charge on any atom is -0.497 e. The maximum atomic E-state index is 12.7. The molecule has 1 aliphatic rings. The maximum absolute atomic E-state index is 12.7. The lowest BCUT2D eigenvalue weighted by Gasteiger charge is -2.13. The van der Waals surface area contributed by atoms with Gasteiger partial charge in [-0.3, -0.25) is 4.79 Å². The van der Waals surface area contributed by atoms with E-state index in [1.165, 1.54) is 0 Å². The molecule has 0 aliphatic heterocycles. The molecule has 0 aromatic heterocycles. The fourth-order valence-corrected chi connectivity index (χ4v) is 3.37. The van der Waals surface area contributed by atoms with E-state index in [2.05, 4.69) is 12.1 Å². The van der Waals surface area contributed by atoms with Crippen LogP contribution >= 0.6 is 0 Å². The van der Waals surface area contributed by atoms with Gasteiger partial charge in [-0.05, 0) is 41.5 Å². The molecule has 1 aliphatic carbocycles. The average Bonchev–Trinajstić information content (AvgIpc) is 3.01. The smallest absolute Gasteiger partial charge is 0.167 e. The van der Waals surface area contributed by atoms with Gasteiger partial charge in [0.2, 0.25) is 0 Å². The van der Waals surface area contributed by atoms with Crippen LogP contribution in [0.25, 0.3) is 0 Å². The van der Waals surface area contributed by atoms with Gasteiger partial charge in [-0.15, -0.1) is 0 Å². The summed E-state index contributed by atoms with van der Waals surface area (Å²) in [4.78, 5) is 12.7. The minimum atomic E-state index is 0.100. The number of rotatable bonds is 4. The second-order valence-electron chi connectivity index (χ2n) is 6.09. The zero-order chi connectivity index (χ0) is 17.2. The van der Waals surface area contributed by atoms with Crippen molar-refractivity contribution in [3.8, 4) is 17.2 Å². The van der Waals surface area contributed by atoms with E-state index in [4.69, 9.17) is 9.47 Å². The first-order valence-electron chi connectivity index (χ1n) is 8.29. The van der Waals surface area contributed by atoms with Gasteiger partial charge in [0, 0.05) is 12.3 Å². The number of ketones is 1. The first-order chi connectivity index (χ1) is 12.3. The Morgan fingerprint density at radius 1 is 0.840 bits per heavy atom. The molecule has 3 heteroatoms. The van der Waals surface area contributed by atoms with Crippen LogP contribution in [0.15, 0.2) is 72.8 Å². The van der Waals surface area contributed by atoms with E-state index in [1.807, 2.05) is 60.7 Å². The van der Waals surface area contributed by atoms with Gasteiger partial charge in [-0.25, -0.2) is 0 Å². The van der Waals surface area contributed by atoms with Crippen LogP contribution in [0.2, 0.25) is 0 Å². The third-order valence-electron chi connectivity index (χ3n) is 4.59. The minimum absolute atomic E-state index is 0.100. The molecule has 0 amide bonds. The Kier molecular flexibility index (Phi) is 3.98. The number of fused-ring (bicyclic) bond motifs is 1. The standard InChI is InChI=1S/C22H18O3/c1-24-16-10-12-17(13-11-16)25-21-9-5-8-18-19(14-20(23)22(18)21)15-6-3-2-4-7-15/h2-13,19H,14H2,1H3. The SMILES string of the molecule is COc1ccc(Oc2cccc3c2C(=O)CC3c2ccccc2)cc1. The Morgan fingerprint density at radius 2 is 1.56 bits per heavy atom. The lowest BCUT2D eigenvalue weighted by Crippen LogP contribution is -1.96. The molecular formula is C22H18O3. The van der Waals surface area contributed by atoms with Crippen molar-refractivity contribution in [3.05, 3.63) is 89.5 Å². The molecule has 0 heterocycles. The van der Waals surface area contributed by atoms with Crippen LogP contribution in [-0.2, 0) is 0 Å². The van der Waals surface area contributed by atoms with Gasteiger partial charge in [-0.2, -0.15) is 0 Å². The van der Waals surface area contributed by atoms with Crippen molar-refractivity contribution in [2.45, 2.75) is 12.3 Å². The van der Waals surface area contributed by atoms with Crippen LogP contribution in [0, 0.1) is 0 Å². The van der Waals surface area contributed by atoms with Crippen molar-refractivity contribution in [2.75, 3.05) is 7.11 Å². The monoisotopic (exact) mass is 330 g/mol. The van der Waals surface area contributed by atoms with E-state index in [9.17, 15) is 4.79 Å². The fourth-order valence-electron chi connectivity index (χ4n) is 3.37. The number of carbonyl (C=O) groups excluding carboxylic acids is 1. The summed E-state index contributed by atoms with van der Waals surface area (Å²) in [5, 5.41) is 0. The maximum Gasteiger partial charge on any atom is 0.167 e. The molecule has 1 unspecified atom stereocenters. The average molecular weight is 330 g/mol. The lowest BCUT2D eigenvalue weighted by atomic mass is 9.93. The molecule has 0 saturated carbocycles. The molecular weight excluding hydrogens is 312 g/mol. The summed E-state index contributed by atoms with van der Waals surface area (Å²) in [6, 6.07) is 23.3. The number of carbonyl (C=O) groups is 1. The van der Waals surface area contributed by atoms with Gasteiger partial charge in [0.25, 0.3) is 0 Å². The van der Waals surface area contributed by atoms with E-state index in [0.717, 1.165) is 16.9 Å². The summed E-state index contributed by atoms with van der Waals surface area (Å²) in [6.07, 6.45) is 0.488. The summed E-state index contributed by atoms with van der Waals surface area (Å²) >= 11 is 0. The number of hydrogen-bond acceptors (Lipinski definition) is 3. The van der Waals surface area contributed by atoms with Gasteiger partial charge in [-0.1, -0.05) is 42.5 Å². The van der Waals surface area contributed by atoms with Crippen LogP contribution in [0.5, 0.6) is 17.2 Å². The Bertz CT molecular complexity index is 898. The zero-order valence-electron chi connectivity index (χ0n) is 13.9. The summed E-state index contributed by atoms with van der Waals surface area (Å²) < 4.78 is 11.2. The van der Waals surface area contributed by atoms with E-state index in [1.54, 1.807) is 7.11 Å². The first-order valence-corrected chi connectivity index (χ1v) is 8.29. The Labute approximate surface area is 146 Å². The summed E-state index contributed by atoms with van der Waals surface area (Å²) in [7, 11) is 1.63. The van der Waals surface area contributed by atoms with Crippen molar-refractivity contribution >= 4 is 5.78 Å². The van der Waals surface area contributed by atoms with Gasteiger partial charge < -0.3 is 9.47 Å². The fraction of sp³-hybridized carbons (Fsp3) is 0.136. The van der Waals surface area contributed by atoms with Gasteiger partial charge in [0.05, 0.1) is 12.7 Å². The molecule has 25 heavy (non-hydrogen) atoms. The Hall–Kier alpha value is -3.07. The quantitative estimate of drug-likeness (QED) is 0.659. The normalized spacial score (nSPS) is 15.7. The molecule has 0 bridgehead atoms. The molecule has 0 saturated heterocycles. The largest absolute Gasteiger partial charge is 0.497 e. The van der Waals surface area contributed by atoms with Crippen molar-refractivity contribution in [3.63, 3.8) is 0 Å². The molecule has 0 spiro atoms. The highest BCUT2D eigenvalue weighted by Crippen LogP contribution is 2.43. The highest BCUT2D eigenvalue weighted by atomic mass is 16.5. The van der Waals surface area contributed by atoms with Gasteiger partial charge >= 0.3 is 0 Å². The topological polar surface area (TPSA) is 35.5 Å². The second kappa shape index (κ2) is 6.44. The number of Topliss-reactive ketones (excluding diaryl/α,β-unsaturated/α-hetero) is 1. The van der Waals surface area contributed by atoms with Crippen molar-refractivity contribution in [2.24, 2.45) is 0 Å². The molecule has 1 atom stereocenters. The van der Waals surface area contributed by atoms with Crippen LogP contribution in [-0.4, -0.2) is 12.9 Å². The molecule has 0 radical (unpaired) electrons. The molecule has 4 rings (SSSR count). The zero-order valence-corrected chi connectivity index (χ0v) is 13.9. The molecule has 124 valence electrons. The van der Waals surface area contributed by atoms with Crippen molar-refractivity contribution in [1.82, 2.24) is 0 Å². The predicted octanol–water partition coefficient (Wildman–Crippen LogP) is 5.21. The molecule has 0 fully saturated rings. The van der Waals surface area contributed by atoms with Gasteiger partial charge in [0.1, 0.15) is 17.2 Å². The second-order valence-corrected chi connectivity index (χ2v) is 6.09. The van der Waals surface area contributed by atoms with Crippen LogP contribution in [0.4, 0.5) is 0 Å². The summed E-state index contributed by atoms with van der Waals surface area (Å²) in [6.45, 7) is 0. The van der Waals surface area contributed by atoms with Crippen LogP contribution in [0.1, 0.15) is 33.8 Å². The first kappa shape index (κ1) is 15.5. The molecule has 0 N–H and O–H groups in total. The third-order valence-corrected chi connectivity index (χ3v) is 4.59. The van der Waals surface area contributed by atoms with Crippen LogP contribution < -0.4 is 9.47 Å². The lowest BCUT2D eigenvalue weighted by molar-refractivity contribution is 0.0989. The van der Waals surface area contributed by atoms with Crippen molar-refractivity contribution < 1.29 is 14.3 Å². The Morgan fingerprint density at radius 3 is 2.28 bits per heavy atom. The van der Waals surface area contributed by atoms with E-state index < -0.39 is 0 Å². The van der Waals surface area contributed by atoms with E-state index >= 15 is 0 Å². The highest BCUT2D eigenvalue weighted by molar-refractivity contribution is 6.04.